The summed E-state index contributed by atoms with van der Waals surface area (Å²) in [6, 6.07) is -0.466. The minimum absolute atomic E-state index is 0.0680. The van der Waals surface area contributed by atoms with E-state index < -0.39 is 6.04 Å². The lowest BCUT2D eigenvalue weighted by molar-refractivity contribution is -0.130. The molecule has 1 saturated heterocycles. The average molecular weight is 222 g/mol. The monoisotopic (exact) mass is 222 g/mol. The van der Waals surface area contributed by atoms with Crippen LogP contribution in [0.2, 0.25) is 0 Å². The zero-order valence-electron chi connectivity index (χ0n) is 9.30. The van der Waals surface area contributed by atoms with Crippen LogP contribution >= 0.6 is 0 Å². The Morgan fingerprint density at radius 2 is 2.31 bits per heavy atom. The second kappa shape index (κ2) is 3.96. The molecule has 2 heterocycles. The minimum atomic E-state index is -0.466. The molecule has 0 aliphatic carbocycles. The summed E-state index contributed by atoms with van der Waals surface area (Å²) >= 11 is 0. The molecular formula is C10H14N4O2. The number of amides is 2. The van der Waals surface area contributed by atoms with Crippen molar-refractivity contribution in [1.29, 1.82) is 0 Å². The zero-order chi connectivity index (χ0) is 11.7. The molecule has 0 saturated carbocycles. The third kappa shape index (κ3) is 1.78. The van der Waals surface area contributed by atoms with Gasteiger partial charge in [-0.1, -0.05) is 0 Å². The topological polar surface area (TPSA) is 67.2 Å². The standard InChI is InChI=1S/C10H14N4O2/c1-3-13-5-8(4-11-13)14-6-9(15)12-7(2)10(14)16/h4-5,7H,3,6H2,1-2H3,(H,12,15). The van der Waals surface area contributed by atoms with E-state index in [9.17, 15) is 9.59 Å². The van der Waals surface area contributed by atoms with Gasteiger partial charge in [-0.25, -0.2) is 0 Å². The van der Waals surface area contributed by atoms with Gasteiger partial charge in [0.25, 0.3) is 0 Å². The van der Waals surface area contributed by atoms with E-state index in [0.717, 1.165) is 6.54 Å². The first kappa shape index (κ1) is 10.7. The molecule has 2 amide bonds. The van der Waals surface area contributed by atoms with Crippen LogP contribution in [0.5, 0.6) is 0 Å². The summed E-state index contributed by atoms with van der Waals surface area (Å²) in [5, 5.41) is 6.68. The summed E-state index contributed by atoms with van der Waals surface area (Å²) in [7, 11) is 0. The normalized spacial score (nSPS) is 21.1. The smallest absolute Gasteiger partial charge is 0.249 e. The van der Waals surface area contributed by atoms with E-state index in [-0.39, 0.29) is 18.4 Å². The lowest BCUT2D eigenvalue weighted by Gasteiger charge is -2.29. The van der Waals surface area contributed by atoms with E-state index in [2.05, 4.69) is 10.4 Å². The third-order valence-corrected chi connectivity index (χ3v) is 2.57. The number of aromatic nitrogens is 2. The second-order valence-corrected chi connectivity index (χ2v) is 3.77. The van der Waals surface area contributed by atoms with Crippen LogP contribution in [0.1, 0.15) is 13.8 Å². The number of piperazine rings is 1. The van der Waals surface area contributed by atoms with Gasteiger partial charge in [-0.05, 0) is 13.8 Å². The van der Waals surface area contributed by atoms with Crippen LogP contribution in [0.15, 0.2) is 12.4 Å². The van der Waals surface area contributed by atoms with E-state index in [1.165, 1.54) is 4.90 Å². The maximum Gasteiger partial charge on any atom is 0.249 e. The molecule has 0 spiro atoms. The molecule has 1 N–H and O–H groups in total. The van der Waals surface area contributed by atoms with E-state index in [1.807, 2.05) is 6.92 Å². The Labute approximate surface area is 93.2 Å². The second-order valence-electron chi connectivity index (χ2n) is 3.77. The highest BCUT2D eigenvalue weighted by Crippen LogP contribution is 2.16. The Balaban J connectivity index is 2.24. The van der Waals surface area contributed by atoms with E-state index in [4.69, 9.17) is 0 Å². The fourth-order valence-electron chi connectivity index (χ4n) is 1.69. The highest BCUT2D eigenvalue weighted by atomic mass is 16.2. The van der Waals surface area contributed by atoms with Crippen molar-refractivity contribution in [2.75, 3.05) is 11.4 Å². The van der Waals surface area contributed by atoms with Gasteiger partial charge in [0.2, 0.25) is 11.8 Å². The van der Waals surface area contributed by atoms with Gasteiger partial charge in [0.1, 0.15) is 12.6 Å². The summed E-state index contributed by atoms with van der Waals surface area (Å²) in [5.74, 6) is -0.244. The van der Waals surface area contributed by atoms with Crippen molar-refractivity contribution >= 4 is 17.5 Å². The number of anilines is 1. The van der Waals surface area contributed by atoms with Gasteiger partial charge in [0, 0.05) is 12.7 Å². The Kier molecular flexibility index (Phi) is 2.64. The number of nitrogens with one attached hydrogen (secondary N) is 1. The molecule has 0 aromatic carbocycles. The Bertz CT molecular complexity index is 426. The molecule has 0 bridgehead atoms. The highest BCUT2D eigenvalue weighted by Gasteiger charge is 2.30. The summed E-state index contributed by atoms with van der Waals surface area (Å²) in [6.07, 6.45) is 3.37. The average Bonchev–Trinajstić information content (AvgIpc) is 2.71. The maximum absolute atomic E-state index is 11.8. The Morgan fingerprint density at radius 3 is 2.94 bits per heavy atom. The molecular weight excluding hydrogens is 208 g/mol. The third-order valence-electron chi connectivity index (χ3n) is 2.57. The van der Waals surface area contributed by atoms with Crippen LogP contribution in [-0.4, -0.2) is 34.2 Å². The van der Waals surface area contributed by atoms with Gasteiger partial charge in [-0.3, -0.25) is 19.2 Å². The van der Waals surface area contributed by atoms with Gasteiger partial charge in [-0.2, -0.15) is 5.10 Å². The van der Waals surface area contributed by atoms with Crippen LogP contribution in [0.4, 0.5) is 5.69 Å². The minimum Gasteiger partial charge on any atom is -0.343 e. The van der Waals surface area contributed by atoms with E-state index in [1.54, 1.807) is 24.0 Å². The molecule has 6 heteroatoms. The van der Waals surface area contributed by atoms with Crippen LogP contribution < -0.4 is 10.2 Å². The zero-order valence-corrected chi connectivity index (χ0v) is 9.30. The Morgan fingerprint density at radius 1 is 1.56 bits per heavy atom. The number of hydrogen-bond acceptors (Lipinski definition) is 3. The van der Waals surface area contributed by atoms with Crippen molar-refractivity contribution in [2.24, 2.45) is 0 Å². The number of hydrogen-bond donors (Lipinski definition) is 1. The van der Waals surface area contributed by atoms with Crippen molar-refractivity contribution in [1.82, 2.24) is 15.1 Å². The summed E-state index contributed by atoms with van der Waals surface area (Å²) in [5.41, 5.74) is 0.675. The fraction of sp³-hybridized carbons (Fsp3) is 0.500. The number of carbonyl (C=O) groups is 2. The predicted molar refractivity (Wildman–Crippen MR) is 57.9 cm³/mol. The lowest BCUT2D eigenvalue weighted by atomic mass is 10.2. The van der Waals surface area contributed by atoms with Crippen molar-refractivity contribution in [3.8, 4) is 0 Å². The van der Waals surface area contributed by atoms with Crippen LogP contribution in [0, 0.1) is 0 Å². The van der Waals surface area contributed by atoms with Crippen molar-refractivity contribution < 1.29 is 9.59 Å². The number of nitrogens with zero attached hydrogens (tertiary/aromatic N) is 3. The maximum atomic E-state index is 11.8. The fourth-order valence-corrected chi connectivity index (χ4v) is 1.69. The first-order chi connectivity index (χ1) is 7.61. The summed E-state index contributed by atoms with van der Waals surface area (Å²) < 4.78 is 1.72. The van der Waals surface area contributed by atoms with Crippen molar-refractivity contribution in [3.63, 3.8) is 0 Å². The molecule has 1 atom stereocenters. The molecule has 1 aliphatic heterocycles. The molecule has 6 nitrogen and oxygen atoms in total. The van der Waals surface area contributed by atoms with Gasteiger partial charge in [0.15, 0.2) is 0 Å². The summed E-state index contributed by atoms with van der Waals surface area (Å²) in [4.78, 5) is 24.7. The Hall–Kier alpha value is -1.85. The predicted octanol–water partition coefficient (Wildman–Crippen LogP) is -0.246. The molecule has 1 aromatic heterocycles. The van der Waals surface area contributed by atoms with Gasteiger partial charge in [0.05, 0.1) is 11.9 Å². The summed E-state index contributed by atoms with van der Waals surface area (Å²) in [6.45, 7) is 4.45. The lowest BCUT2D eigenvalue weighted by Crippen LogP contribution is -2.57. The number of rotatable bonds is 2. The largest absolute Gasteiger partial charge is 0.343 e. The quantitative estimate of drug-likeness (QED) is 0.750. The first-order valence-corrected chi connectivity index (χ1v) is 5.25. The van der Waals surface area contributed by atoms with Crippen LogP contribution in [0.3, 0.4) is 0 Å². The molecule has 1 unspecified atom stereocenters. The number of aryl methyl sites for hydroxylation is 1. The molecule has 0 radical (unpaired) electrons. The van der Waals surface area contributed by atoms with Crippen molar-refractivity contribution in [3.05, 3.63) is 12.4 Å². The molecule has 1 fully saturated rings. The number of carbonyl (C=O) groups excluding carboxylic acids is 2. The molecule has 1 aromatic rings. The molecule has 1 aliphatic rings. The molecule has 16 heavy (non-hydrogen) atoms. The molecule has 86 valence electrons. The van der Waals surface area contributed by atoms with Crippen LogP contribution in [-0.2, 0) is 16.1 Å². The SMILES string of the molecule is CCn1cc(N2CC(=O)NC(C)C2=O)cn1. The van der Waals surface area contributed by atoms with Gasteiger partial charge >= 0.3 is 0 Å². The van der Waals surface area contributed by atoms with E-state index in [0.29, 0.717) is 5.69 Å². The molecule has 2 rings (SSSR count). The van der Waals surface area contributed by atoms with Crippen LogP contribution in [0.25, 0.3) is 0 Å². The van der Waals surface area contributed by atoms with Crippen molar-refractivity contribution in [2.45, 2.75) is 26.4 Å². The van der Waals surface area contributed by atoms with Gasteiger partial charge < -0.3 is 5.32 Å². The van der Waals surface area contributed by atoms with Gasteiger partial charge in [-0.15, -0.1) is 0 Å². The first-order valence-electron chi connectivity index (χ1n) is 5.25. The highest BCUT2D eigenvalue weighted by molar-refractivity contribution is 6.06. The van der Waals surface area contributed by atoms with E-state index >= 15 is 0 Å².